The molecular weight excluding hydrogens is 290 g/mol. The van der Waals surface area contributed by atoms with Crippen LogP contribution < -0.4 is 5.73 Å². The molecule has 3 rings (SSSR count). The highest BCUT2D eigenvalue weighted by atomic mass is 32.2. The maximum absolute atomic E-state index is 11.8. The molecule has 2 heterocycles. The molecule has 3 N–H and O–H groups in total. The van der Waals surface area contributed by atoms with E-state index in [9.17, 15) is 8.42 Å². The van der Waals surface area contributed by atoms with Crippen LogP contribution in [0, 0.1) is 0 Å². The predicted molar refractivity (Wildman–Crippen MR) is 79.5 cm³/mol. The van der Waals surface area contributed by atoms with E-state index in [1.807, 2.05) is 10.8 Å². The molecule has 0 amide bonds. The fourth-order valence-electron chi connectivity index (χ4n) is 2.18. The van der Waals surface area contributed by atoms with E-state index in [2.05, 4.69) is 15.0 Å². The third kappa shape index (κ3) is 2.55. The summed E-state index contributed by atoms with van der Waals surface area (Å²) in [6.45, 7) is 1.19. The second-order valence-corrected chi connectivity index (χ2v) is 6.78. The molecule has 21 heavy (non-hydrogen) atoms. The molecular formula is C13H15N5O2S. The summed E-state index contributed by atoms with van der Waals surface area (Å²) in [6, 6.07) is 5.03. The lowest BCUT2D eigenvalue weighted by atomic mass is 10.3. The molecule has 0 atom stereocenters. The first-order valence-electron chi connectivity index (χ1n) is 6.40. The van der Waals surface area contributed by atoms with Crippen LogP contribution >= 0.6 is 0 Å². The van der Waals surface area contributed by atoms with E-state index in [0.717, 1.165) is 0 Å². The lowest BCUT2D eigenvalue weighted by Gasteiger charge is -1.97. The summed E-state index contributed by atoms with van der Waals surface area (Å²) < 4.78 is 25.4. The van der Waals surface area contributed by atoms with Crippen molar-refractivity contribution < 1.29 is 8.42 Å². The summed E-state index contributed by atoms with van der Waals surface area (Å²) in [5.41, 5.74) is 7.25. The first kappa shape index (κ1) is 13.8. The second-order valence-electron chi connectivity index (χ2n) is 4.80. The van der Waals surface area contributed by atoms with Gasteiger partial charge in [0.15, 0.2) is 15.7 Å². The Hall–Kier alpha value is -2.19. The molecule has 0 spiro atoms. The zero-order valence-electron chi connectivity index (χ0n) is 11.4. The Kier molecular flexibility index (Phi) is 3.26. The van der Waals surface area contributed by atoms with Crippen molar-refractivity contribution in [2.75, 3.05) is 12.8 Å². The molecule has 8 heteroatoms. The fourth-order valence-corrected chi connectivity index (χ4v) is 3.01. The average molecular weight is 305 g/mol. The lowest BCUT2D eigenvalue weighted by molar-refractivity contribution is 0.602. The molecule has 7 nitrogen and oxygen atoms in total. The summed E-state index contributed by atoms with van der Waals surface area (Å²) in [5, 5.41) is 0. The van der Waals surface area contributed by atoms with E-state index in [0.29, 0.717) is 35.6 Å². The Morgan fingerprint density at radius 1 is 1.38 bits per heavy atom. The van der Waals surface area contributed by atoms with Gasteiger partial charge in [0.05, 0.1) is 16.7 Å². The first-order valence-corrected chi connectivity index (χ1v) is 8.29. The maximum Gasteiger partial charge on any atom is 0.177 e. The molecule has 0 aliphatic carbocycles. The van der Waals surface area contributed by atoms with E-state index in [-0.39, 0.29) is 4.90 Å². The first-order chi connectivity index (χ1) is 9.99. The van der Waals surface area contributed by atoms with Crippen molar-refractivity contribution in [1.82, 2.24) is 19.5 Å². The van der Waals surface area contributed by atoms with Gasteiger partial charge in [-0.05, 0) is 12.1 Å². The molecule has 2 aromatic heterocycles. The Labute approximate surface area is 121 Å². The van der Waals surface area contributed by atoms with Gasteiger partial charge in [-0.3, -0.25) is 0 Å². The van der Waals surface area contributed by atoms with Crippen LogP contribution in [0.15, 0.2) is 35.6 Å². The standard InChI is InChI=1S/C13H15N5O2S/c1-21(19,20)11-4-2-3-9-12(11)17-13(16-9)10-7-18(6-5-14)8-15-10/h2-4,7-8H,5-6,14H2,1H3,(H,16,17). The van der Waals surface area contributed by atoms with Gasteiger partial charge in [-0.15, -0.1) is 0 Å². The van der Waals surface area contributed by atoms with Gasteiger partial charge in [0.25, 0.3) is 0 Å². The number of benzene rings is 1. The predicted octanol–water partition coefficient (Wildman–Crippen LogP) is 0.789. The van der Waals surface area contributed by atoms with E-state index in [1.165, 1.54) is 6.26 Å². The van der Waals surface area contributed by atoms with E-state index in [4.69, 9.17) is 5.73 Å². The normalized spacial score (nSPS) is 12.1. The Morgan fingerprint density at radius 2 is 2.19 bits per heavy atom. The Morgan fingerprint density at radius 3 is 2.90 bits per heavy atom. The molecule has 1 aromatic carbocycles. The Balaban J connectivity index is 2.12. The largest absolute Gasteiger partial charge is 0.337 e. The zero-order chi connectivity index (χ0) is 15.0. The number of nitrogens with one attached hydrogen (secondary N) is 1. The van der Waals surface area contributed by atoms with Crippen molar-refractivity contribution in [1.29, 1.82) is 0 Å². The number of H-pyrrole nitrogens is 1. The van der Waals surface area contributed by atoms with Gasteiger partial charge in [0.1, 0.15) is 11.2 Å². The van der Waals surface area contributed by atoms with E-state index in [1.54, 1.807) is 24.5 Å². The van der Waals surface area contributed by atoms with Gasteiger partial charge < -0.3 is 15.3 Å². The number of hydrogen-bond donors (Lipinski definition) is 2. The number of nitrogens with two attached hydrogens (primary N) is 1. The Bertz CT molecular complexity index is 894. The zero-order valence-corrected chi connectivity index (χ0v) is 12.3. The molecule has 110 valence electrons. The summed E-state index contributed by atoms with van der Waals surface area (Å²) in [6.07, 6.45) is 4.67. The molecule has 0 radical (unpaired) electrons. The van der Waals surface area contributed by atoms with Crippen molar-refractivity contribution in [2.45, 2.75) is 11.4 Å². The van der Waals surface area contributed by atoms with Crippen LogP contribution in [-0.2, 0) is 16.4 Å². The summed E-state index contributed by atoms with van der Waals surface area (Å²) in [5.74, 6) is 0.539. The van der Waals surface area contributed by atoms with Gasteiger partial charge in [0, 0.05) is 25.5 Å². The smallest absolute Gasteiger partial charge is 0.177 e. The summed E-state index contributed by atoms with van der Waals surface area (Å²) >= 11 is 0. The number of nitrogens with zero attached hydrogens (tertiary/aromatic N) is 3. The topological polar surface area (TPSA) is 107 Å². The number of fused-ring (bicyclic) bond motifs is 1. The molecule has 0 fully saturated rings. The highest BCUT2D eigenvalue weighted by molar-refractivity contribution is 7.91. The van der Waals surface area contributed by atoms with Crippen molar-refractivity contribution in [3.63, 3.8) is 0 Å². The molecule has 3 aromatic rings. The van der Waals surface area contributed by atoms with Crippen molar-refractivity contribution >= 4 is 20.9 Å². The minimum absolute atomic E-state index is 0.212. The lowest BCUT2D eigenvalue weighted by Crippen LogP contribution is -2.07. The number of para-hydroxylation sites is 1. The number of aromatic nitrogens is 4. The van der Waals surface area contributed by atoms with Crippen LogP contribution in [0.4, 0.5) is 0 Å². The minimum Gasteiger partial charge on any atom is -0.337 e. The van der Waals surface area contributed by atoms with Crippen LogP contribution in [0.25, 0.3) is 22.6 Å². The summed E-state index contributed by atoms with van der Waals surface area (Å²) in [4.78, 5) is 11.9. The van der Waals surface area contributed by atoms with Crippen molar-refractivity contribution in [3.8, 4) is 11.5 Å². The minimum atomic E-state index is -3.33. The summed E-state index contributed by atoms with van der Waals surface area (Å²) in [7, 11) is -3.33. The van der Waals surface area contributed by atoms with Crippen molar-refractivity contribution in [3.05, 3.63) is 30.7 Å². The third-order valence-corrected chi connectivity index (χ3v) is 4.27. The van der Waals surface area contributed by atoms with Crippen LogP contribution in [0.1, 0.15) is 0 Å². The van der Waals surface area contributed by atoms with E-state index >= 15 is 0 Å². The molecule has 0 aliphatic rings. The van der Waals surface area contributed by atoms with E-state index < -0.39 is 9.84 Å². The van der Waals surface area contributed by atoms with Crippen LogP contribution in [0.3, 0.4) is 0 Å². The van der Waals surface area contributed by atoms with Crippen LogP contribution in [0.5, 0.6) is 0 Å². The molecule has 0 aliphatic heterocycles. The average Bonchev–Trinajstić information content (AvgIpc) is 3.02. The highest BCUT2D eigenvalue weighted by Gasteiger charge is 2.16. The third-order valence-electron chi connectivity index (χ3n) is 3.14. The van der Waals surface area contributed by atoms with Crippen LogP contribution in [-0.4, -0.2) is 40.7 Å². The highest BCUT2D eigenvalue weighted by Crippen LogP contribution is 2.24. The fraction of sp³-hybridized carbons (Fsp3) is 0.231. The molecule has 0 saturated heterocycles. The number of rotatable bonds is 4. The SMILES string of the molecule is CS(=O)(=O)c1cccc2[nH]c(-c3cn(CCN)cn3)nc12. The van der Waals surface area contributed by atoms with Gasteiger partial charge in [-0.1, -0.05) is 6.07 Å². The van der Waals surface area contributed by atoms with Gasteiger partial charge in [0.2, 0.25) is 0 Å². The molecule has 0 saturated carbocycles. The van der Waals surface area contributed by atoms with Crippen LogP contribution in [0.2, 0.25) is 0 Å². The van der Waals surface area contributed by atoms with Crippen molar-refractivity contribution in [2.24, 2.45) is 5.73 Å². The molecule has 0 unspecified atom stereocenters. The molecule has 0 bridgehead atoms. The number of aromatic amines is 1. The second kappa shape index (κ2) is 4.97. The number of hydrogen-bond acceptors (Lipinski definition) is 5. The quantitative estimate of drug-likeness (QED) is 0.741. The number of sulfone groups is 1. The van der Waals surface area contributed by atoms with Gasteiger partial charge >= 0.3 is 0 Å². The van der Waals surface area contributed by atoms with Gasteiger partial charge in [-0.2, -0.15) is 0 Å². The number of imidazole rings is 2. The van der Waals surface area contributed by atoms with Gasteiger partial charge in [-0.25, -0.2) is 18.4 Å². The maximum atomic E-state index is 11.8. The monoisotopic (exact) mass is 305 g/mol.